The smallest absolute Gasteiger partial charge is 0.130 e. The maximum absolute atomic E-state index is 5.77. The zero-order valence-corrected chi connectivity index (χ0v) is 13.1. The van der Waals surface area contributed by atoms with E-state index in [-0.39, 0.29) is 0 Å². The Morgan fingerprint density at radius 2 is 2.00 bits per heavy atom. The van der Waals surface area contributed by atoms with Gasteiger partial charge >= 0.3 is 0 Å². The summed E-state index contributed by atoms with van der Waals surface area (Å²) in [6.07, 6.45) is 1.78. The maximum atomic E-state index is 5.77. The van der Waals surface area contributed by atoms with E-state index in [2.05, 4.69) is 53.8 Å². The number of hydrogen-bond donors (Lipinski definition) is 0. The van der Waals surface area contributed by atoms with Gasteiger partial charge in [-0.25, -0.2) is 0 Å². The molecule has 0 unspecified atom stereocenters. The van der Waals surface area contributed by atoms with Crippen molar-refractivity contribution in [3.63, 3.8) is 0 Å². The molecule has 0 saturated heterocycles. The average molecular weight is 320 g/mol. The first-order valence-corrected chi connectivity index (χ1v) is 7.19. The maximum Gasteiger partial charge on any atom is 0.130 e. The Balaban J connectivity index is 2.04. The third-order valence-electron chi connectivity index (χ3n) is 3.04. The van der Waals surface area contributed by atoms with Crippen LogP contribution in [0.15, 0.2) is 41.0 Å². The van der Waals surface area contributed by atoms with E-state index in [1.165, 1.54) is 11.1 Å². The Morgan fingerprint density at radius 1 is 1.21 bits per heavy atom. The van der Waals surface area contributed by atoms with Crippen molar-refractivity contribution in [1.82, 2.24) is 4.98 Å². The van der Waals surface area contributed by atoms with Crippen LogP contribution in [0, 0.1) is 6.92 Å². The highest BCUT2D eigenvalue weighted by Crippen LogP contribution is 2.24. The molecule has 1 heterocycles. The quantitative estimate of drug-likeness (QED) is 0.803. The van der Waals surface area contributed by atoms with Crippen LogP contribution in [0.3, 0.4) is 0 Å². The van der Waals surface area contributed by atoms with E-state index in [4.69, 9.17) is 4.74 Å². The molecule has 0 saturated carbocycles. The van der Waals surface area contributed by atoms with Gasteiger partial charge in [-0.2, -0.15) is 0 Å². The number of aromatic nitrogens is 1. The summed E-state index contributed by atoms with van der Waals surface area (Å²) < 4.78 is 6.75. The second kappa shape index (κ2) is 6.20. The summed E-state index contributed by atoms with van der Waals surface area (Å²) in [5.74, 6) is 1.44. The zero-order chi connectivity index (χ0) is 13.8. The number of nitrogens with zero attached hydrogens (tertiary/aromatic N) is 1. The largest absolute Gasteiger partial charge is 0.487 e. The second-order valence-corrected chi connectivity index (χ2v) is 5.85. The minimum atomic E-state index is 0.494. The molecule has 2 nitrogen and oxygen atoms in total. The molecule has 0 atom stereocenters. The Kier molecular flexibility index (Phi) is 4.59. The normalized spacial score (nSPS) is 10.8. The Hall–Kier alpha value is -1.35. The van der Waals surface area contributed by atoms with Crippen molar-refractivity contribution >= 4 is 15.9 Å². The SMILES string of the molecule is Cc1cc(OCc2ccc(Br)cn2)ccc1C(C)C. The summed E-state index contributed by atoms with van der Waals surface area (Å²) in [4.78, 5) is 4.29. The van der Waals surface area contributed by atoms with Crippen molar-refractivity contribution in [3.05, 3.63) is 57.8 Å². The molecular weight excluding hydrogens is 302 g/mol. The van der Waals surface area contributed by atoms with Gasteiger partial charge in [0.1, 0.15) is 12.4 Å². The van der Waals surface area contributed by atoms with Gasteiger partial charge in [0.2, 0.25) is 0 Å². The van der Waals surface area contributed by atoms with Crippen LogP contribution >= 0.6 is 15.9 Å². The fraction of sp³-hybridized carbons (Fsp3) is 0.312. The summed E-state index contributed by atoms with van der Waals surface area (Å²) in [6.45, 7) is 7.02. The molecule has 0 fully saturated rings. The van der Waals surface area contributed by atoms with Gasteiger partial charge in [-0.15, -0.1) is 0 Å². The Bertz CT molecular complexity index is 549. The molecule has 0 amide bonds. The molecule has 0 spiro atoms. The number of benzene rings is 1. The van der Waals surface area contributed by atoms with Crippen LogP contribution in [0.25, 0.3) is 0 Å². The number of aryl methyl sites for hydroxylation is 1. The molecule has 0 aliphatic heterocycles. The highest BCUT2D eigenvalue weighted by Gasteiger charge is 2.05. The number of pyridine rings is 1. The first kappa shape index (κ1) is 14.1. The van der Waals surface area contributed by atoms with Crippen molar-refractivity contribution in [2.75, 3.05) is 0 Å². The van der Waals surface area contributed by atoms with Crippen molar-refractivity contribution in [3.8, 4) is 5.75 Å². The van der Waals surface area contributed by atoms with Crippen molar-refractivity contribution in [1.29, 1.82) is 0 Å². The van der Waals surface area contributed by atoms with Crippen LogP contribution in [-0.4, -0.2) is 4.98 Å². The van der Waals surface area contributed by atoms with E-state index < -0.39 is 0 Å². The molecule has 1 aromatic carbocycles. The average Bonchev–Trinajstić information content (AvgIpc) is 2.37. The van der Waals surface area contributed by atoms with Crippen molar-refractivity contribution in [2.45, 2.75) is 33.3 Å². The standard InChI is InChI=1S/C16H18BrNO/c1-11(2)16-7-6-15(8-12(16)3)19-10-14-5-4-13(17)9-18-14/h4-9,11H,10H2,1-3H3. The van der Waals surface area contributed by atoms with Crippen LogP contribution < -0.4 is 4.74 Å². The van der Waals surface area contributed by atoms with Crippen LogP contribution in [0.2, 0.25) is 0 Å². The van der Waals surface area contributed by atoms with Crippen molar-refractivity contribution in [2.24, 2.45) is 0 Å². The fourth-order valence-electron chi connectivity index (χ4n) is 2.03. The minimum Gasteiger partial charge on any atom is -0.487 e. The number of rotatable bonds is 4. The molecule has 2 rings (SSSR count). The van der Waals surface area contributed by atoms with E-state index in [0.29, 0.717) is 12.5 Å². The number of hydrogen-bond acceptors (Lipinski definition) is 2. The van der Waals surface area contributed by atoms with Gasteiger partial charge in [0.15, 0.2) is 0 Å². The Morgan fingerprint density at radius 3 is 2.58 bits per heavy atom. The van der Waals surface area contributed by atoms with E-state index in [1.807, 2.05) is 18.2 Å². The van der Waals surface area contributed by atoms with E-state index >= 15 is 0 Å². The lowest BCUT2D eigenvalue weighted by Gasteiger charge is -2.12. The van der Waals surface area contributed by atoms with Gasteiger partial charge < -0.3 is 4.74 Å². The first-order valence-electron chi connectivity index (χ1n) is 6.40. The van der Waals surface area contributed by atoms with Crippen LogP contribution in [0.5, 0.6) is 5.75 Å². The molecule has 0 radical (unpaired) electrons. The summed E-state index contributed by atoms with van der Waals surface area (Å²) in [6, 6.07) is 10.2. The molecule has 3 heteroatoms. The lowest BCUT2D eigenvalue weighted by atomic mass is 9.98. The van der Waals surface area contributed by atoms with Crippen LogP contribution in [0.1, 0.15) is 36.6 Å². The number of ether oxygens (including phenoxy) is 1. The molecule has 0 bridgehead atoms. The monoisotopic (exact) mass is 319 g/mol. The lowest BCUT2D eigenvalue weighted by molar-refractivity contribution is 0.301. The Labute approximate surface area is 123 Å². The number of halogens is 1. The topological polar surface area (TPSA) is 22.1 Å². The fourth-order valence-corrected chi connectivity index (χ4v) is 2.27. The van der Waals surface area contributed by atoms with E-state index in [0.717, 1.165) is 15.9 Å². The van der Waals surface area contributed by atoms with E-state index in [1.54, 1.807) is 6.20 Å². The zero-order valence-electron chi connectivity index (χ0n) is 11.5. The molecule has 0 N–H and O–H groups in total. The van der Waals surface area contributed by atoms with Gasteiger partial charge in [-0.3, -0.25) is 4.98 Å². The molecule has 2 aromatic rings. The third-order valence-corrected chi connectivity index (χ3v) is 3.51. The van der Waals surface area contributed by atoms with Gasteiger partial charge in [0.25, 0.3) is 0 Å². The highest BCUT2D eigenvalue weighted by atomic mass is 79.9. The summed E-state index contributed by atoms with van der Waals surface area (Å²) >= 11 is 3.37. The molecular formula is C16H18BrNO. The van der Waals surface area contributed by atoms with Gasteiger partial charge in [-0.05, 0) is 64.2 Å². The van der Waals surface area contributed by atoms with Gasteiger partial charge in [0, 0.05) is 10.7 Å². The first-order chi connectivity index (χ1) is 9.06. The van der Waals surface area contributed by atoms with Crippen LogP contribution in [-0.2, 0) is 6.61 Å². The van der Waals surface area contributed by atoms with Gasteiger partial charge in [0.05, 0.1) is 5.69 Å². The molecule has 19 heavy (non-hydrogen) atoms. The predicted octanol–water partition coefficient (Wildman–Crippen LogP) is 4.85. The molecule has 1 aromatic heterocycles. The predicted molar refractivity (Wildman–Crippen MR) is 81.5 cm³/mol. The molecule has 100 valence electrons. The third kappa shape index (κ3) is 3.80. The lowest BCUT2D eigenvalue weighted by Crippen LogP contribution is -1.99. The van der Waals surface area contributed by atoms with E-state index in [9.17, 15) is 0 Å². The van der Waals surface area contributed by atoms with Crippen molar-refractivity contribution < 1.29 is 4.74 Å². The van der Waals surface area contributed by atoms with Gasteiger partial charge in [-0.1, -0.05) is 19.9 Å². The summed E-state index contributed by atoms with van der Waals surface area (Å²) in [5.41, 5.74) is 3.57. The molecule has 0 aliphatic carbocycles. The second-order valence-electron chi connectivity index (χ2n) is 4.93. The highest BCUT2D eigenvalue weighted by molar-refractivity contribution is 9.10. The molecule has 0 aliphatic rings. The summed E-state index contributed by atoms with van der Waals surface area (Å²) in [7, 11) is 0. The minimum absolute atomic E-state index is 0.494. The van der Waals surface area contributed by atoms with Crippen LogP contribution in [0.4, 0.5) is 0 Å². The summed E-state index contributed by atoms with van der Waals surface area (Å²) in [5, 5.41) is 0.